The van der Waals surface area contributed by atoms with Gasteiger partial charge < -0.3 is 68.4 Å². The Kier molecular flexibility index (Phi) is 31.4. The minimum absolute atomic E-state index is 0.0423. The van der Waals surface area contributed by atoms with Crippen LogP contribution < -0.4 is 11.1 Å². The van der Waals surface area contributed by atoms with Crippen LogP contribution in [0.25, 0.3) is 6.08 Å². The SMILES string of the molecule is CCCN(OCCN(CCOCCOCCOCCOCCOCCOCCOCCOCCOCCOCCNC(=O)CN1C(=O)C=CC1=O)C(=O)O)C(=O)C1=Cc2ccc(S(=O)(=O)O)cc2N=C(N)C1. The van der Waals surface area contributed by atoms with Crippen LogP contribution >= 0.6 is 0 Å². The number of imide groups is 1. The summed E-state index contributed by atoms with van der Waals surface area (Å²) in [6, 6.07) is 3.75. The van der Waals surface area contributed by atoms with E-state index in [1.807, 2.05) is 6.92 Å². The fourth-order valence-corrected chi connectivity index (χ4v) is 6.63. The van der Waals surface area contributed by atoms with Crippen LogP contribution in [0.5, 0.6) is 0 Å². The molecule has 2 aliphatic heterocycles. The van der Waals surface area contributed by atoms with Crippen LogP contribution in [0.15, 0.2) is 45.8 Å². The number of ether oxygens (including phenoxy) is 10. The Balaban J connectivity index is 1.04. The van der Waals surface area contributed by atoms with Gasteiger partial charge in [-0.3, -0.25) is 33.5 Å². The molecule has 72 heavy (non-hydrogen) atoms. The number of hydrogen-bond donors (Lipinski definition) is 4. The number of carboxylic acid groups (broad SMARTS) is 1. The minimum atomic E-state index is -4.48. The zero-order chi connectivity index (χ0) is 52.2. The Labute approximate surface area is 419 Å². The molecule has 0 saturated heterocycles. The van der Waals surface area contributed by atoms with Gasteiger partial charge in [-0.05, 0) is 24.6 Å². The number of amidine groups is 1. The number of benzene rings is 1. The number of carbonyl (C=O) groups excluding carboxylic acids is 4. The molecule has 406 valence electrons. The van der Waals surface area contributed by atoms with Gasteiger partial charge in [0.1, 0.15) is 12.4 Å². The fraction of sp³-hybridized carbons (Fsp3) is 0.644. The molecule has 2 heterocycles. The second-order valence-electron chi connectivity index (χ2n) is 15.2. The lowest BCUT2D eigenvalue weighted by Crippen LogP contribution is -2.41. The Morgan fingerprint density at radius 1 is 0.681 bits per heavy atom. The standard InChI is InChI=1S/C45H70N6O20S/c1-2-8-51(44(55)37-32-36-3-4-38(72(58,59)60)34-39(36)48-40(46)33-37)71-13-10-49(45(56)57)9-12-62-15-17-64-19-21-66-23-25-68-27-29-70-31-30-69-28-26-67-24-22-65-20-18-63-16-14-61-11-7-47-41(52)35-50-42(53)5-6-43(50)54/h3-6,32,34H,2,7-31,33,35H2,1H3,(H2,46,48)(H,47,52)(H,56,57)(H,58,59,60). The van der Waals surface area contributed by atoms with E-state index in [1.165, 1.54) is 18.2 Å². The van der Waals surface area contributed by atoms with E-state index in [-0.39, 0.29) is 94.2 Å². The molecule has 1 aromatic rings. The van der Waals surface area contributed by atoms with Crippen LogP contribution in [-0.4, -0.2) is 240 Å². The van der Waals surface area contributed by atoms with E-state index in [0.29, 0.717) is 118 Å². The van der Waals surface area contributed by atoms with Crippen LogP contribution in [-0.2, 0) is 81.5 Å². The van der Waals surface area contributed by atoms with Crippen molar-refractivity contribution in [3.8, 4) is 0 Å². The van der Waals surface area contributed by atoms with Crippen molar-refractivity contribution in [3.63, 3.8) is 0 Å². The number of nitrogens with zero attached hydrogens (tertiary/aromatic N) is 4. The molecule has 0 unspecified atom stereocenters. The number of rotatable bonds is 43. The Morgan fingerprint density at radius 3 is 1.57 bits per heavy atom. The average Bonchev–Trinajstić information content (AvgIpc) is 3.54. The summed E-state index contributed by atoms with van der Waals surface area (Å²) in [5.41, 5.74) is 6.83. The van der Waals surface area contributed by atoms with Crippen molar-refractivity contribution >= 4 is 57.4 Å². The van der Waals surface area contributed by atoms with E-state index in [4.69, 9.17) is 57.9 Å². The molecule has 0 atom stereocenters. The van der Waals surface area contributed by atoms with E-state index in [2.05, 4.69) is 10.3 Å². The summed E-state index contributed by atoms with van der Waals surface area (Å²) in [6.07, 6.45) is 3.08. The van der Waals surface area contributed by atoms with Crippen molar-refractivity contribution < 1.29 is 94.3 Å². The molecular formula is C45H70N6O20S. The molecule has 0 spiro atoms. The molecule has 5 amide bonds. The predicted molar refractivity (Wildman–Crippen MR) is 255 cm³/mol. The molecule has 0 saturated carbocycles. The molecule has 3 rings (SSSR count). The van der Waals surface area contributed by atoms with Gasteiger partial charge >= 0.3 is 6.09 Å². The summed E-state index contributed by atoms with van der Waals surface area (Å²) in [5, 5.41) is 13.4. The first kappa shape index (κ1) is 61.3. The summed E-state index contributed by atoms with van der Waals surface area (Å²) in [5.74, 6) is -1.92. The van der Waals surface area contributed by atoms with Crippen molar-refractivity contribution in [1.29, 1.82) is 0 Å². The molecule has 0 aliphatic carbocycles. The molecule has 0 fully saturated rings. The molecule has 27 heteroatoms. The lowest BCUT2D eigenvalue weighted by Gasteiger charge is -2.25. The highest BCUT2D eigenvalue weighted by atomic mass is 32.2. The normalized spacial score (nSPS) is 13.5. The van der Waals surface area contributed by atoms with Crippen molar-refractivity contribution in [2.45, 2.75) is 24.7 Å². The number of aliphatic imine (C=N–C) groups is 1. The number of nitrogens with two attached hydrogens (primary N) is 1. The maximum atomic E-state index is 13.5. The number of carbonyl (C=O) groups is 5. The summed E-state index contributed by atoms with van der Waals surface area (Å²) in [6.45, 7) is 9.11. The van der Waals surface area contributed by atoms with Gasteiger partial charge in [0.15, 0.2) is 0 Å². The fourth-order valence-electron chi connectivity index (χ4n) is 6.13. The largest absolute Gasteiger partial charge is 0.465 e. The van der Waals surface area contributed by atoms with Gasteiger partial charge in [-0.1, -0.05) is 13.0 Å². The number of hydroxylamine groups is 2. The maximum Gasteiger partial charge on any atom is 0.407 e. The smallest absolute Gasteiger partial charge is 0.407 e. The molecule has 1 aromatic carbocycles. The zero-order valence-corrected chi connectivity index (χ0v) is 41.6. The van der Waals surface area contributed by atoms with E-state index in [0.717, 1.165) is 33.1 Å². The highest BCUT2D eigenvalue weighted by molar-refractivity contribution is 7.85. The number of amides is 5. The van der Waals surface area contributed by atoms with Crippen LogP contribution in [0.3, 0.4) is 0 Å². The third kappa shape index (κ3) is 26.6. The van der Waals surface area contributed by atoms with Crippen LogP contribution in [0, 0.1) is 0 Å². The van der Waals surface area contributed by atoms with Crippen molar-refractivity contribution in [2.24, 2.45) is 10.7 Å². The van der Waals surface area contributed by atoms with Crippen LogP contribution in [0.1, 0.15) is 25.3 Å². The Morgan fingerprint density at radius 2 is 1.12 bits per heavy atom. The van der Waals surface area contributed by atoms with Gasteiger partial charge in [0.2, 0.25) is 5.91 Å². The van der Waals surface area contributed by atoms with Crippen LogP contribution in [0.4, 0.5) is 10.5 Å². The highest BCUT2D eigenvalue weighted by Gasteiger charge is 2.26. The lowest BCUT2D eigenvalue weighted by atomic mass is 10.1. The summed E-state index contributed by atoms with van der Waals surface area (Å²) < 4.78 is 87.2. The summed E-state index contributed by atoms with van der Waals surface area (Å²) in [4.78, 5) is 71.6. The average molecular weight is 1050 g/mol. The number of fused-ring (bicyclic) bond motifs is 1. The molecule has 26 nitrogen and oxygen atoms in total. The van der Waals surface area contributed by atoms with Gasteiger partial charge in [0.25, 0.3) is 27.8 Å². The second-order valence-corrected chi connectivity index (χ2v) is 16.6. The van der Waals surface area contributed by atoms with Crippen molar-refractivity contribution in [2.75, 3.05) is 171 Å². The quantitative estimate of drug-likeness (QED) is 0.0291. The molecule has 0 radical (unpaired) electrons. The molecule has 5 N–H and O–H groups in total. The highest BCUT2D eigenvalue weighted by Crippen LogP contribution is 2.29. The Hall–Kier alpha value is -5.01. The third-order valence-corrected chi connectivity index (χ3v) is 10.5. The van der Waals surface area contributed by atoms with Crippen LogP contribution in [0.2, 0.25) is 0 Å². The molecule has 0 bridgehead atoms. The summed E-state index contributed by atoms with van der Waals surface area (Å²) in [7, 11) is -4.48. The van der Waals surface area contributed by atoms with E-state index < -0.39 is 39.8 Å². The van der Waals surface area contributed by atoms with Gasteiger partial charge in [-0.15, -0.1) is 0 Å². The van der Waals surface area contributed by atoms with E-state index in [9.17, 15) is 42.0 Å². The van der Waals surface area contributed by atoms with E-state index in [1.54, 1.807) is 0 Å². The van der Waals surface area contributed by atoms with Gasteiger partial charge in [-0.25, -0.2) is 14.9 Å². The van der Waals surface area contributed by atoms with E-state index >= 15 is 0 Å². The topological polar surface area (TPSA) is 322 Å². The van der Waals surface area contributed by atoms with Crippen molar-refractivity contribution in [1.82, 2.24) is 20.2 Å². The van der Waals surface area contributed by atoms with Crippen molar-refractivity contribution in [3.05, 3.63) is 41.5 Å². The first-order chi connectivity index (χ1) is 34.8. The predicted octanol–water partition coefficient (Wildman–Crippen LogP) is 0.0665. The number of hydrogen-bond acceptors (Lipinski definition) is 20. The molecule has 2 aliphatic rings. The summed E-state index contributed by atoms with van der Waals surface area (Å²) >= 11 is 0. The Bertz CT molecular complexity index is 1990. The monoisotopic (exact) mass is 1050 g/mol. The minimum Gasteiger partial charge on any atom is -0.465 e. The maximum absolute atomic E-state index is 13.5. The zero-order valence-electron chi connectivity index (χ0n) is 40.8. The molecular weight excluding hydrogens is 977 g/mol. The lowest BCUT2D eigenvalue weighted by molar-refractivity contribution is -0.183. The first-order valence-corrected chi connectivity index (χ1v) is 24.9. The van der Waals surface area contributed by atoms with Gasteiger partial charge in [0, 0.05) is 49.3 Å². The number of nitrogens with one attached hydrogen (secondary N) is 1. The second kappa shape index (κ2) is 36.8. The molecule has 0 aromatic heterocycles. The van der Waals surface area contributed by atoms with Gasteiger partial charge in [-0.2, -0.15) is 8.42 Å². The third-order valence-electron chi connectivity index (χ3n) is 9.70. The van der Waals surface area contributed by atoms with Gasteiger partial charge in [0.05, 0.1) is 156 Å². The first-order valence-electron chi connectivity index (χ1n) is 23.5.